The van der Waals surface area contributed by atoms with E-state index in [1.807, 2.05) is 0 Å². The molecule has 3 N–H and O–H groups in total. The van der Waals surface area contributed by atoms with Crippen LogP contribution in [0, 0.1) is 5.92 Å². The zero-order valence-electron chi connectivity index (χ0n) is 9.56. The molecular weight excluding hydrogens is 222 g/mol. The van der Waals surface area contributed by atoms with Gasteiger partial charge in [0, 0.05) is 18.3 Å². The molecule has 0 aromatic carbocycles. The normalized spacial score (nSPS) is 12.1. The number of pyridine rings is 1. The number of carbonyl (C=O) groups excluding carboxylic acids is 1. The Morgan fingerprint density at radius 1 is 1.69 bits per heavy atom. The number of carbonyl (C=O) groups is 1. The van der Waals surface area contributed by atoms with Gasteiger partial charge in [0.05, 0.1) is 0 Å². The minimum Gasteiger partial charge on any atom is -0.384 e. The molecule has 1 rings (SSSR count). The minimum absolute atomic E-state index is 0.0953. The molecule has 1 unspecified atom stereocenters. The first-order valence-corrected chi connectivity index (χ1v) is 6.51. The molecule has 1 amide bonds. The van der Waals surface area contributed by atoms with Crippen molar-refractivity contribution in [3.8, 4) is 0 Å². The number of hydrogen-bond donors (Lipinski definition) is 2. The van der Waals surface area contributed by atoms with Gasteiger partial charge in [-0.25, -0.2) is 4.98 Å². The molecular formula is C11H17N3OS. The van der Waals surface area contributed by atoms with E-state index in [9.17, 15) is 4.79 Å². The van der Waals surface area contributed by atoms with Crippen LogP contribution >= 0.6 is 11.8 Å². The van der Waals surface area contributed by atoms with E-state index >= 15 is 0 Å². The highest BCUT2D eigenvalue weighted by Gasteiger charge is 2.07. The Morgan fingerprint density at radius 3 is 3.06 bits per heavy atom. The van der Waals surface area contributed by atoms with Crippen LogP contribution in [0.2, 0.25) is 0 Å². The van der Waals surface area contributed by atoms with E-state index in [-0.39, 0.29) is 5.91 Å². The monoisotopic (exact) mass is 239 g/mol. The van der Waals surface area contributed by atoms with Crippen molar-refractivity contribution in [2.24, 2.45) is 5.92 Å². The van der Waals surface area contributed by atoms with Crippen LogP contribution < -0.4 is 11.1 Å². The maximum atomic E-state index is 11.7. The molecule has 1 aromatic rings. The molecule has 1 aromatic heterocycles. The van der Waals surface area contributed by atoms with Gasteiger partial charge in [-0.1, -0.05) is 6.92 Å². The van der Waals surface area contributed by atoms with Gasteiger partial charge in [0.1, 0.15) is 5.82 Å². The predicted molar refractivity (Wildman–Crippen MR) is 68.5 cm³/mol. The fourth-order valence-electron chi connectivity index (χ4n) is 1.30. The maximum Gasteiger partial charge on any atom is 0.251 e. The number of thioether (sulfide) groups is 1. The number of nitrogens with zero attached hydrogens (tertiary/aromatic N) is 1. The molecule has 0 saturated carbocycles. The Hall–Kier alpha value is -1.23. The smallest absolute Gasteiger partial charge is 0.251 e. The molecule has 1 heterocycles. The van der Waals surface area contributed by atoms with Crippen LogP contribution in [-0.4, -0.2) is 29.4 Å². The van der Waals surface area contributed by atoms with E-state index in [4.69, 9.17) is 5.73 Å². The molecule has 16 heavy (non-hydrogen) atoms. The number of nitrogens with one attached hydrogen (secondary N) is 1. The largest absolute Gasteiger partial charge is 0.384 e. The summed E-state index contributed by atoms with van der Waals surface area (Å²) in [6, 6.07) is 3.24. The number of nitrogen functional groups attached to an aromatic ring is 1. The molecule has 0 aliphatic carbocycles. The highest BCUT2D eigenvalue weighted by Crippen LogP contribution is 2.05. The first kappa shape index (κ1) is 12.8. The summed E-state index contributed by atoms with van der Waals surface area (Å²) in [5.41, 5.74) is 6.06. The van der Waals surface area contributed by atoms with E-state index in [2.05, 4.69) is 23.5 Å². The lowest BCUT2D eigenvalue weighted by atomic mass is 10.2. The molecule has 1 atom stereocenters. The molecule has 88 valence electrons. The SMILES string of the molecule is CSCC(C)CNC(=O)c1ccnc(N)c1. The maximum absolute atomic E-state index is 11.7. The average Bonchev–Trinajstić information content (AvgIpc) is 2.26. The third kappa shape index (κ3) is 4.10. The number of nitrogens with two attached hydrogens (primary N) is 1. The summed E-state index contributed by atoms with van der Waals surface area (Å²) in [5.74, 6) is 1.78. The third-order valence-electron chi connectivity index (χ3n) is 2.11. The topological polar surface area (TPSA) is 68.0 Å². The number of amides is 1. The highest BCUT2D eigenvalue weighted by atomic mass is 32.2. The Bertz CT molecular complexity index is 357. The van der Waals surface area contributed by atoms with Crippen molar-refractivity contribution in [1.82, 2.24) is 10.3 Å². The molecule has 0 fully saturated rings. The van der Waals surface area contributed by atoms with Crippen LogP contribution in [0.3, 0.4) is 0 Å². The molecule has 0 radical (unpaired) electrons. The first-order valence-electron chi connectivity index (χ1n) is 5.12. The van der Waals surface area contributed by atoms with Gasteiger partial charge in [0.15, 0.2) is 0 Å². The van der Waals surface area contributed by atoms with Crippen molar-refractivity contribution in [1.29, 1.82) is 0 Å². The lowest BCUT2D eigenvalue weighted by Gasteiger charge is -2.11. The second-order valence-corrected chi connectivity index (χ2v) is 4.65. The molecule has 5 heteroatoms. The minimum atomic E-state index is -0.0953. The van der Waals surface area contributed by atoms with Crippen LogP contribution in [0.15, 0.2) is 18.3 Å². The van der Waals surface area contributed by atoms with Crippen LogP contribution in [-0.2, 0) is 0 Å². The van der Waals surface area contributed by atoms with Crippen molar-refractivity contribution < 1.29 is 4.79 Å². The molecule has 0 aliphatic heterocycles. The molecule has 4 nitrogen and oxygen atoms in total. The Labute approximate surface area is 100 Å². The molecule has 0 saturated heterocycles. The fraction of sp³-hybridized carbons (Fsp3) is 0.455. The Morgan fingerprint density at radius 2 is 2.44 bits per heavy atom. The van der Waals surface area contributed by atoms with Crippen LogP contribution in [0.1, 0.15) is 17.3 Å². The molecule has 0 bridgehead atoms. The molecule has 0 spiro atoms. The van der Waals surface area contributed by atoms with E-state index < -0.39 is 0 Å². The van der Waals surface area contributed by atoms with E-state index in [0.717, 1.165) is 5.75 Å². The fourth-order valence-corrected chi connectivity index (χ4v) is 1.99. The van der Waals surface area contributed by atoms with E-state index in [1.54, 1.807) is 23.9 Å². The number of rotatable bonds is 5. The first-order chi connectivity index (χ1) is 7.63. The van der Waals surface area contributed by atoms with Crippen molar-refractivity contribution >= 4 is 23.5 Å². The van der Waals surface area contributed by atoms with Crippen LogP contribution in [0.25, 0.3) is 0 Å². The third-order valence-corrected chi connectivity index (χ3v) is 3.01. The average molecular weight is 239 g/mol. The predicted octanol–water partition coefficient (Wildman–Crippen LogP) is 1.39. The van der Waals surface area contributed by atoms with Crippen molar-refractivity contribution in [2.75, 3.05) is 24.3 Å². The summed E-state index contributed by atoms with van der Waals surface area (Å²) in [7, 11) is 0. The second kappa shape index (κ2) is 6.37. The zero-order chi connectivity index (χ0) is 12.0. The van der Waals surface area contributed by atoms with Crippen LogP contribution in [0.4, 0.5) is 5.82 Å². The second-order valence-electron chi connectivity index (χ2n) is 3.74. The van der Waals surface area contributed by atoms with Gasteiger partial charge in [0.25, 0.3) is 5.91 Å². The van der Waals surface area contributed by atoms with Gasteiger partial charge in [-0.05, 0) is 30.1 Å². The van der Waals surface area contributed by atoms with Crippen molar-refractivity contribution in [3.05, 3.63) is 23.9 Å². The summed E-state index contributed by atoms with van der Waals surface area (Å²) in [6.07, 6.45) is 3.59. The summed E-state index contributed by atoms with van der Waals surface area (Å²) in [5, 5.41) is 2.88. The van der Waals surface area contributed by atoms with Gasteiger partial charge >= 0.3 is 0 Å². The Balaban J connectivity index is 2.47. The van der Waals surface area contributed by atoms with Gasteiger partial charge in [0.2, 0.25) is 0 Å². The quantitative estimate of drug-likeness (QED) is 0.815. The number of anilines is 1. The lowest BCUT2D eigenvalue weighted by Crippen LogP contribution is -2.29. The summed E-state index contributed by atoms with van der Waals surface area (Å²) < 4.78 is 0. The van der Waals surface area contributed by atoms with E-state index in [0.29, 0.717) is 23.8 Å². The highest BCUT2D eigenvalue weighted by molar-refractivity contribution is 7.98. The zero-order valence-corrected chi connectivity index (χ0v) is 10.4. The number of aromatic nitrogens is 1. The standard InChI is InChI=1S/C11H17N3OS/c1-8(7-16-2)6-14-11(15)9-3-4-13-10(12)5-9/h3-5,8H,6-7H2,1-2H3,(H2,12,13)(H,14,15). The van der Waals surface area contributed by atoms with Crippen LogP contribution in [0.5, 0.6) is 0 Å². The number of hydrogen-bond acceptors (Lipinski definition) is 4. The van der Waals surface area contributed by atoms with Gasteiger partial charge in [-0.2, -0.15) is 11.8 Å². The van der Waals surface area contributed by atoms with E-state index in [1.165, 1.54) is 6.20 Å². The van der Waals surface area contributed by atoms with Gasteiger partial charge in [-0.3, -0.25) is 4.79 Å². The van der Waals surface area contributed by atoms with Crippen molar-refractivity contribution in [2.45, 2.75) is 6.92 Å². The summed E-state index contributed by atoms with van der Waals surface area (Å²) in [6.45, 7) is 2.79. The Kier molecular flexibility index (Phi) is 5.11. The summed E-state index contributed by atoms with van der Waals surface area (Å²) in [4.78, 5) is 15.5. The van der Waals surface area contributed by atoms with Crippen molar-refractivity contribution in [3.63, 3.8) is 0 Å². The lowest BCUT2D eigenvalue weighted by molar-refractivity contribution is 0.0949. The van der Waals surface area contributed by atoms with Gasteiger partial charge < -0.3 is 11.1 Å². The summed E-state index contributed by atoms with van der Waals surface area (Å²) >= 11 is 1.78. The van der Waals surface area contributed by atoms with Gasteiger partial charge in [-0.15, -0.1) is 0 Å². The molecule has 0 aliphatic rings.